The van der Waals surface area contributed by atoms with Gasteiger partial charge in [-0.3, -0.25) is 0 Å². The number of esters is 1. The molecule has 0 amide bonds. The van der Waals surface area contributed by atoms with Crippen molar-refractivity contribution in [2.24, 2.45) is 0 Å². The van der Waals surface area contributed by atoms with Gasteiger partial charge in [0.25, 0.3) is 0 Å². The van der Waals surface area contributed by atoms with E-state index in [4.69, 9.17) is 5.26 Å². The molecule has 0 aliphatic rings. The van der Waals surface area contributed by atoms with E-state index in [9.17, 15) is 4.79 Å². The summed E-state index contributed by atoms with van der Waals surface area (Å²) in [6.07, 6.45) is 1.19. The van der Waals surface area contributed by atoms with Gasteiger partial charge in [-0.05, 0) is 11.4 Å². The topological polar surface area (TPSA) is 50.1 Å². The van der Waals surface area contributed by atoms with Crippen LogP contribution < -0.4 is 0 Å². The third-order valence-corrected chi connectivity index (χ3v) is 2.27. The number of nitrogens with zero attached hydrogens (tertiary/aromatic N) is 1. The Morgan fingerprint density at radius 3 is 3.00 bits per heavy atom. The molecule has 0 unspecified atom stereocenters. The average molecular weight is 193 g/mol. The normalized spacial score (nSPS) is 10.6. The van der Waals surface area contributed by atoms with E-state index in [1.165, 1.54) is 24.5 Å². The molecule has 66 valence electrons. The lowest BCUT2D eigenvalue weighted by atomic mass is 10.2. The van der Waals surface area contributed by atoms with Crippen molar-refractivity contribution in [2.75, 3.05) is 7.11 Å². The third kappa shape index (κ3) is 2.42. The van der Waals surface area contributed by atoms with Gasteiger partial charge in [0.2, 0.25) is 0 Å². The van der Waals surface area contributed by atoms with Gasteiger partial charge in [-0.1, -0.05) is 6.07 Å². The van der Waals surface area contributed by atoms with E-state index in [-0.39, 0.29) is 0 Å². The highest BCUT2D eigenvalue weighted by Gasteiger charge is 2.04. The first-order chi connectivity index (χ1) is 6.27. The number of ether oxygens (including phenoxy) is 1. The van der Waals surface area contributed by atoms with Gasteiger partial charge >= 0.3 is 5.97 Å². The molecule has 1 aromatic rings. The van der Waals surface area contributed by atoms with E-state index in [0.29, 0.717) is 5.57 Å². The van der Waals surface area contributed by atoms with E-state index >= 15 is 0 Å². The predicted molar refractivity (Wildman–Crippen MR) is 49.9 cm³/mol. The van der Waals surface area contributed by atoms with Crippen molar-refractivity contribution < 1.29 is 9.53 Å². The summed E-state index contributed by atoms with van der Waals surface area (Å²) in [6.45, 7) is 0. The van der Waals surface area contributed by atoms with Gasteiger partial charge in [0.1, 0.15) is 6.07 Å². The quantitative estimate of drug-likeness (QED) is 0.409. The molecule has 0 aromatic carbocycles. The number of thiophene rings is 1. The van der Waals surface area contributed by atoms with E-state index in [1.54, 1.807) is 6.07 Å². The molecule has 1 aromatic heterocycles. The number of hydrogen-bond donors (Lipinski definition) is 0. The first kappa shape index (κ1) is 9.49. The van der Waals surface area contributed by atoms with Crippen molar-refractivity contribution >= 4 is 22.9 Å². The summed E-state index contributed by atoms with van der Waals surface area (Å²) in [5.74, 6) is -0.509. The van der Waals surface area contributed by atoms with Crippen LogP contribution in [0.2, 0.25) is 0 Å². The summed E-state index contributed by atoms with van der Waals surface area (Å²) >= 11 is 1.41. The number of carbonyl (C=O) groups is 1. The molecule has 0 aliphatic carbocycles. The summed E-state index contributed by atoms with van der Waals surface area (Å²) in [5, 5.41) is 10.6. The Morgan fingerprint density at radius 1 is 1.77 bits per heavy atom. The zero-order chi connectivity index (χ0) is 9.68. The molecule has 0 fully saturated rings. The molecule has 3 nitrogen and oxygen atoms in total. The van der Waals surface area contributed by atoms with Crippen LogP contribution in [0.15, 0.2) is 23.6 Å². The molecule has 13 heavy (non-hydrogen) atoms. The Bertz CT molecular complexity index is 359. The standard InChI is InChI=1S/C9H7NO2S/c1-12-9(11)5-7(6-10)8-3-2-4-13-8/h2-5H,1H3. The minimum atomic E-state index is -0.509. The lowest BCUT2D eigenvalue weighted by molar-refractivity contribution is -0.134. The fourth-order valence-electron chi connectivity index (χ4n) is 0.767. The molecule has 4 heteroatoms. The van der Waals surface area contributed by atoms with Crippen molar-refractivity contribution in [2.45, 2.75) is 0 Å². The van der Waals surface area contributed by atoms with Crippen LogP contribution in [-0.4, -0.2) is 13.1 Å². The van der Waals surface area contributed by atoms with Crippen LogP contribution >= 0.6 is 11.3 Å². The third-order valence-electron chi connectivity index (χ3n) is 1.37. The highest BCUT2D eigenvalue weighted by Crippen LogP contribution is 2.19. The van der Waals surface area contributed by atoms with Crippen molar-refractivity contribution in [1.29, 1.82) is 5.26 Å². The van der Waals surface area contributed by atoms with Crippen molar-refractivity contribution in [3.8, 4) is 6.07 Å². The molecule has 0 bridgehead atoms. The Balaban J connectivity index is 2.94. The maximum atomic E-state index is 10.8. The Hall–Kier alpha value is -1.60. The van der Waals surface area contributed by atoms with Gasteiger partial charge in [0.05, 0.1) is 12.7 Å². The van der Waals surface area contributed by atoms with Gasteiger partial charge in [-0.15, -0.1) is 11.3 Å². The summed E-state index contributed by atoms with van der Waals surface area (Å²) in [7, 11) is 1.28. The maximum Gasteiger partial charge on any atom is 0.331 e. The largest absolute Gasteiger partial charge is 0.466 e. The molecule has 0 N–H and O–H groups in total. The highest BCUT2D eigenvalue weighted by atomic mass is 32.1. The number of methoxy groups -OCH3 is 1. The van der Waals surface area contributed by atoms with E-state index in [1.807, 2.05) is 17.5 Å². The molecule has 0 saturated carbocycles. The van der Waals surface area contributed by atoms with Crippen molar-refractivity contribution in [3.05, 3.63) is 28.5 Å². The highest BCUT2D eigenvalue weighted by molar-refractivity contribution is 7.11. The van der Waals surface area contributed by atoms with Gasteiger partial charge in [-0.2, -0.15) is 5.26 Å². The van der Waals surface area contributed by atoms with Gasteiger partial charge in [0.15, 0.2) is 0 Å². The molecule has 0 spiro atoms. The fraction of sp³-hybridized carbons (Fsp3) is 0.111. The lowest BCUT2D eigenvalue weighted by Gasteiger charge is -1.92. The summed E-state index contributed by atoms with van der Waals surface area (Å²) in [5.41, 5.74) is 0.335. The number of carbonyl (C=O) groups excluding carboxylic acids is 1. The van der Waals surface area contributed by atoms with Gasteiger partial charge in [-0.25, -0.2) is 4.79 Å². The van der Waals surface area contributed by atoms with Crippen LogP contribution in [-0.2, 0) is 9.53 Å². The van der Waals surface area contributed by atoms with E-state index in [2.05, 4.69) is 4.74 Å². The van der Waals surface area contributed by atoms with Crippen LogP contribution in [0.1, 0.15) is 4.88 Å². The van der Waals surface area contributed by atoms with Crippen LogP contribution in [0.5, 0.6) is 0 Å². The first-order valence-corrected chi connectivity index (χ1v) is 4.39. The smallest absolute Gasteiger partial charge is 0.331 e. The lowest BCUT2D eigenvalue weighted by Crippen LogP contribution is -1.95. The second-order valence-electron chi connectivity index (χ2n) is 2.17. The number of rotatable bonds is 2. The summed E-state index contributed by atoms with van der Waals surface area (Å²) in [6, 6.07) is 5.54. The molecule has 1 rings (SSSR count). The second kappa shape index (κ2) is 4.43. The Morgan fingerprint density at radius 2 is 2.54 bits per heavy atom. The molecular formula is C9H7NO2S. The van der Waals surface area contributed by atoms with Crippen LogP contribution in [0.4, 0.5) is 0 Å². The second-order valence-corrected chi connectivity index (χ2v) is 3.12. The zero-order valence-electron chi connectivity index (χ0n) is 6.98. The van der Waals surface area contributed by atoms with Gasteiger partial charge in [0, 0.05) is 11.0 Å². The monoisotopic (exact) mass is 193 g/mol. The van der Waals surface area contributed by atoms with Gasteiger partial charge < -0.3 is 4.74 Å². The van der Waals surface area contributed by atoms with Crippen molar-refractivity contribution in [3.63, 3.8) is 0 Å². The molecular weight excluding hydrogens is 186 g/mol. The fourth-order valence-corrected chi connectivity index (χ4v) is 1.46. The van der Waals surface area contributed by atoms with Crippen molar-refractivity contribution in [1.82, 2.24) is 0 Å². The predicted octanol–water partition coefficient (Wildman–Crippen LogP) is 1.83. The van der Waals surface area contributed by atoms with E-state index < -0.39 is 5.97 Å². The number of allylic oxidation sites excluding steroid dienone is 1. The molecule has 0 atom stereocenters. The summed E-state index contributed by atoms with van der Waals surface area (Å²) < 4.78 is 4.42. The Kier molecular flexibility index (Phi) is 3.23. The van der Waals surface area contributed by atoms with Crippen LogP contribution in [0, 0.1) is 11.3 Å². The number of hydrogen-bond acceptors (Lipinski definition) is 4. The minimum absolute atomic E-state index is 0.335. The zero-order valence-corrected chi connectivity index (χ0v) is 7.80. The SMILES string of the molecule is COC(=O)C=C(C#N)c1cccs1. The first-order valence-electron chi connectivity index (χ1n) is 3.51. The Labute approximate surface area is 79.9 Å². The molecule has 0 aliphatic heterocycles. The molecule has 0 saturated heterocycles. The molecule has 0 radical (unpaired) electrons. The van der Waals surface area contributed by atoms with Crippen LogP contribution in [0.3, 0.4) is 0 Å². The molecule has 1 heterocycles. The van der Waals surface area contributed by atoms with Crippen LogP contribution in [0.25, 0.3) is 5.57 Å². The van der Waals surface area contributed by atoms with E-state index in [0.717, 1.165) is 4.88 Å². The average Bonchev–Trinajstić information content (AvgIpc) is 2.66. The maximum absolute atomic E-state index is 10.8. The number of nitriles is 1. The summed E-state index contributed by atoms with van der Waals surface area (Å²) in [4.78, 5) is 11.6. The minimum Gasteiger partial charge on any atom is -0.466 e.